The van der Waals surface area contributed by atoms with E-state index in [-0.39, 0.29) is 5.97 Å². The fraction of sp³-hybridized carbons (Fsp3) is 0.545. The first-order valence-electron chi connectivity index (χ1n) is 5.02. The number of methoxy groups -OCH3 is 1. The van der Waals surface area contributed by atoms with Crippen molar-refractivity contribution in [1.82, 2.24) is 5.32 Å². The summed E-state index contributed by atoms with van der Waals surface area (Å²) in [5.74, 6) is -0.236. The second kappa shape index (κ2) is 5.80. The van der Waals surface area contributed by atoms with Crippen molar-refractivity contribution in [2.24, 2.45) is 0 Å². The molecule has 5 heteroatoms. The third-order valence-electron chi connectivity index (χ3n) is 2.26. The van der Waals surface area contributed by atoms with Crippen LogP contribution in [0.25, 0.3) is 0 Å². The lowest BCUT2D eigenvalue weighted by molar-refractivity contribution is -0.147. The zero-order valence-electron chi connectivity index (χ0n) is 9.67. The van der Waals surface area contributed by atoms with Crippen LogP contribution in [0, 0.1) is 0 Å². The average Bonchev–Trinajstić information content (AvgIpc) is 2.62. The van der Waals surface area contributed by atoms with Gasteiger partial charge in [-0.05, 0) is 42.3 Å². The highest BCUT2D eigenvalue weighted by Gasteiger charge is 2.27. The summed E-state index contributed by atoms with van der Waals surface area (Å²) in [5.41, 5.74) is -0.622. The fourth-order valence-electron chi connectivity index (χ4n) is 1.31. The zero-order valence-corrected chi connectivity index (χ0v) is 12.1. The third kappa shape index (κ3) is 3.88. The molecule has 0 unspecified atom stereocenters. The number of thiophene rings is 1. The molecular formula is C11H16BrNO2S. The topological polar surface area (TPSA) is 38.3 Å². The van der Waals surface area contributed by atoms with Crippen molar-refractivity contribution in [2.75, 3.05) is 13.7 Å². The molecule has 0 radical (unpaired) electrons. The Labute approximate surface area is 108 Å². The molecule has 0 atom stereocenters. The van der Waals surface area contributed by atoms with Gasteiger partial charge in [-0.1, -0.05) is 0 Å². The molecule has 0 aliphatic rings. The van der Waals surface area contributed by atoms with Gasteiger partial charge in [0.2, 0.25) is 0 Å². The Morgan fingerprint density at radius 1 is 1.62 bits per heavy atom. The standard InChI is InChI=1S/C11H16BrNO2S/c1-11(2,10(14)15-3)13-5-4-9-6-8(12)7-16-9/h6-7,13H,4-5H2,1-3H3. The first-order valence-corrected chi connectivity index (χ1v) is 6.69. The number of hydrogen-bond acceptors (Lipinski definition) is 4. The van der Waals surface area contributed by atoms with Crippen molar-refractivity contribution in [3.63, 3.8) is 0 Å². The average molecular weight is 306 g/mol. The monoisotopic (exact) mass is 305 g/mol. The van der Waals surface area contributed by atoms with Gasteiger partial charge in [0, 0.05) is 21.3 Å². The maximum Gasteiger partial charge on any atom is 0.325 e. The molecule has 0 fully saturated rings. The minimum Gasteiger partial charge on any atom is -0.468 e. The van der Waals surface area contributed by atoms with E-state index in [0.717, 1.165) is 17.4 Å². The maximum absolute atomic E-state index is 11.4. The molecule has 1 heterocycles. The zero-order chi connectivity index (χ0) is 12.2. The van der Waals surface area contributed by atoms with E-state index in [0.29, 0.717) is 0 Å². The lowest BCUT2D eigenvalue weighted by Crippen LogP contribution is -2.48. The number of rotatable bonds is 5. The summed E-state index contributed by atoms with van der Waals surface area (Å²) in [5, 5.41) is 5.24. The Kier molecular flexibility index (Phi) is 4.95. The number of nitrogens with one attached hydrogen (secondary N) is 1. The van der Waals surface area contributed by atoms with E-state index in [1.54, 1.807) is 11.3 Å². The lowest BCUT2D eigenvalue weighted by atomic mass is 10.1. The molecular weight excluding hydrogens is 290 g/mol. The van der Waals surface area contributed by atoms with E-state index in [2.05, 4.69) is 32.7 Å². The van der Waals surface area contributed by atoms with Crippen LogP contribution in [0.15, 0.2) is 15.9 Å². The number of carbonyl (C=O) groups is 1. The van der Waals surface area contributed by atoms with E-state index >= 15 is 0 Å². The van der Waals surface area contributed by atoms with Crippen LogP contribution in [0.2, 0.25) is 0 Å². The molecule has 90 valence electrons. The molecule has 1 rings (SSSR count). The second-order valence-corrected chi connectivity index (χ2v) is 5.94. The molecule has 0 aliphatic heterocycles. The highest BCUT2D eigenvalue weighted by molar-refractivity contribution is 9.10. The van der Waals surface area contributed by atoms with E-state index < -0.39 is 5.54 Å². The molecule has 1 N–H and O–H groups in total. The van der Waals surface area contributed by atoms with Crippen LogP contribution < -0.4 is 5.32 Å². The first-order chi connectivity index (χ1) is 7.45. The molecule has 16 heavy (non-hydrogen) atoms. The van der Waals surface area contributed by atoms with E-state index in [1.165, 1.54) is 12.0 Å². The molecule has 0 saturated carbocycles. The Morgan fingerprint density at radius 2 is 2.31 bits per heavy atom. The van der Waals surface area contributed by atoms with Crippen molar-refractivity contribution < 1.29 is 9.53 Å². The van der Waals surface area contributed by atoms with Crippen LogP contribution in [-0.4, -0.2) is 25.2 Å². The minimum absolute atomic E-state index is 0.236. The van der Waals surface area contributed by atoms with Crippen molar-refractivity contribution >= 4 is 33.2 Å². The smallest absolute Gasteiger partial charge is 0.325 e. The molecule has 0 amide bonds. The quantitative estimate of drug-likeness (QED) is 0.850. The minimum atomic E-state index is -0.622. The maximum atomic E-state index is 11.4. The van der Waals surface area contributed by atoms with Crippen LogP contribution in [0.3, 0.4) is 0 Å². The van der Waals surface area contributed by atoms with Gasteiger partial charge in [-0.15, -0.1) is 11.3 Å². The van der Waals surface area contributed by atoms with Gasteiger partial charge < -0.3 is 10.1 Å². The van der Waals surface area contributed by atoms with Crippen molar-refractivity contribution in [1.29, 1.82) is 0 Å². The number of esters is 1. The number of halogens is 1. The fourth-order valence-corrected chi connectivity index (χ4v) is 2.77. The van der Waals surface area contributed by atoms with Crippen LogP contribution in [-0.2, 0) is 16.0 Å². The van der Waals surface area contributed by atoms with Crippen LogP contribution in [0.4, 0.5) is 0 Å². The second-order valence-electron chi connectivity index (χ2n) is 4.02. The third-order valence-corrected chi connectivity index (χ3v) is 4.01. The van der Waals surface area contributed by atoms with Gasteiger partial charge in [0.25, 0.3) is 0 Å². The van der Waals surface area contributed by atoms with Gasteiger partial charge in [0.15, 0.2) is 0 Å². The normalized spacial score (nSPS) is 11.5. The SMILES string of the molecule is COC(=O)C(C)(C)NCCc1cc(Br)cs1. The molecule has 0 saturated heterocycles. The van der Waals surface area contributed by atoms with Gasteiger partial charge in [-0.25, -0.2) is 0 Å². The van der Waals surface area contributed by atoms with E-state index in [1.807, 2.05) is 13.8 Å². The Morgan fingerprint density at radius 3 is 2.81 bits per heavy atom. The number of hydrogen-bond donors (Lipinski definition) is 1. The summed E-state index contributed by atoms with van der Waals surface area (Å²) >= 11 is 5.13. The Bertz CT molecular complexity index is 363. The summed E-state index contributed by atoms with van der Waals surface area (Å²) in [6.07, 6.45) is 0.913. The molecule has 3 nitrogen and oxygen atoms in total. The highest BCUT2D eigenvalue weighted by Crippen LogP contribution is 2.20. The first kappa shape index (κ1) is 13.7. The lowest BCUT2D eigenvalue weighted by Gasteiger charge is -2.22. The van der Waals surface area contributed by atoms with Crippen LogP contribution >= 0.6 is 27.3 Å². The summed E-state index contributed by atoms with van der Waals surface area (Å²) in [7, 11) is 1.40. The Hall–Kier alpha value is -0.390. The summed E-state index contributed by atoms with van der Waals surface area (Å²) in [4.78, 5) is 12.7. The number of ether oxygens (including phenoxy) is 1. The molecule has 0 bridgehead atoms. The summed E-state index contributed by atoms with van der Waals surface area (Å²) < 4.78 is 5.83. The number of carbonyl (C=O) groups excluding carboxylic acids is 1. The summed E-state index contributed by atoms with van der Waals surface area (Å²) in [6.45, 7) is 4.40. The predicted octanol–water partition coefficient (Wildman–Crippen LogP) is 2.59. The van der Waals surface area contributed by atoms with Crippen molar-refractivity contribution in [3.8, 4) is 0 Å². The summed E-state index contributed by atoms with van der Waals surface area (Å²) in [6, 6.07) is 2.09. The van der Waals surface area contributed by atoms with Crippen LogP contribution in [0.5, 0.6) is 0 Å². The molecule has 1 aromatic rings. The van der Waals surface area contributed by atoms with Gasteiger partial charge in [0.1, 0.15) is 5.54 Å². The van der Waals surface area contributed by atoms with Crippen molar-refractivity contribution in [2.45, 2.75) is 25.8 Å². The van der Waals surface area contributed by atoms with Gasteiger partial charge in [0.05, 0.1) is 7.11 Å². The van der Waals surface area contributed by atoms with E-state index in [9.17, 15) is 4.79 Å². The van der Waals surface area contributed by atoms with Gasteiger partial charge >= 0.3 is 5.97 Å². The molecule has 1 aromatic heterocycles. The predicted molar refractivity (Wildman–Crippen MR) is 69.8 cm³/mol. The highest BCUT2D eigenvalue weighted by atomic mass is 79.9. The van der Waals surface area contributed by atoms with Gasteiger partial charge in [-0.2, -0.15) is 0 Å². The largest absolute Gasteiger partial charge is 0.468 e. The molecule has 0 aliphatic carbocycles. The van der Waals surface area contributed by atoms with Crippen LogP contribution in [0.1, 0.15) is 18.7 Å². The Balaban J connectivity index is 2.38. The van der Waals surface area contributed by atoms with Gasteiger partial charge in [-0.3, -0.25) is 4.79 Å². The van der Waals surface area contributed by atoms with E-state index in [4.69, 9.17) is 4.74 Å². The molecule has 0 spiro atoms. The van der Waals surface area contributed by atoms with Crippen molar-refractivity contribution in [3.05, 3.63) is 20.8 Å². The molecule has 0 aromatic carbocycles.